The van der Waals surface area contributed by atoms with E-state index in [4.69, 9.17) is 11.6 Å². The van der Waals surface area contributed by atoms with Crippen molar-refractivity contribution in [3.8, 4) is 11.4 Å². The van der Waals surface area contributed by atoms with Crippen molar-refractivity contribution in [1.82, 2.24) is 20.2 Å². The lowest BCUT2D eigenvalue weighted by Gasteiger charge is -2.02. The number of nitrogens with zero attached hydrogens (tertiary/aromatic N) is 3. The molecule has 1 fully saturated rings. The molecule has 2 aromatic rings. The smallest absolute Gasteiger partial charge is 0.182 e. The molecule has 2 heterocycles. The summed E-state index contributed by atoms with van der Waals surface area (Å²) in [5.74, 6) is 2.20. The first-order chi connectivity index (χ1) is 8.34. The highest BCUT2D eigenvalue weighted by atomic mass is 35.5. The Hall–Kier alpha value is -1.42. The largest absolute Gasteiger partial charge is 0.263 e. The zero-order valence-corrected chi connectivity index (χ0v) is 10.1. The quantitative estimate of drug-likeness (QED) is 0.888. The third-order valence-electron chi connectivity index (χ3n) is 3.26. The zero-order valence-electron chi connectivity index (χ0n) is 9.36. The first-order valence-electron chi connectivity index (χ1n) is 5.87. The van der Waals surface area contributed by atoms with Crippen LogP contribution in [0.15, 0.2) is 18.5 Å². The minimum atomic E-state index is 0.539. The van der Waals surface area contributed by atoms with Crippen LogP contribution in [0.3, 0.4) is 0 Å². The fourth-order valence-electron chi connectivity index (χ4n) is 2.33. The SMILES string of the molecule is Clc1cnccc1-c1n[nH]c(C2CCCC2)n1. The minimum Gasteiger partial charge on any atom is -0.263 e. The van der Waals surface area contributed by atoms with Crippen molar-refractivity contribution in [2.75, 3.05) is 0 Å². The summed E-state index contributed by atoms with van der Waals surface area (Å²) >= 11 is 6.07. The van der Waals surface area contributed by atoms with E-state index in [1.54, 1.807) is 12.4 Å². The van der Waals surface area contributed by atoms with Crippen LogP contribution in [0.1, 0.15) is 37.4 Å². The Morgan fingerprint density at radius 2 is 2.12 bits per heavy atom. The van der Waals surface area contributed by atoms with Crippen LogP contribution in [0.25, 0.3) is 11.4 Å². The van der Waals surface area contributed by atoms with Crippen LogP contribution in [0, 0.1) is 0 Å². The van der Waals surface area contributed by atoms with Gasteiger partial charge < -0.3 is 0 Å². The second-order valence-electron chi connectivity index (χ2n) is 4.38. The lowest BCUT2D eigenvalue weighted by Crippen LogP contribution is -1.94. The maximum absolute atomic E-state index is 6.07. The van der Waals surface area contributed by atoms with E-state index in [2.05, 4.69) is 20.2 Å². The van der Waals surface area contributed by atoms with Gasteiger partial charge in [0, 0.05) is 23.9 Å². The summed E-state index contributed by atoms with van der Waals surface area (Å²) in [4.78, 5) is 8.50. The summed E-state index contributed by atoms with van der Waals surface area (Å²) in [7, 11) is 0. The van der Waals surface area contributed by atoms with Crippen LogP contribution in [0.2, 0.25) is 5.02 Å². The molecule has 17 heavy (non-hydrogen) atoms. The molecule has 1 aliphatic carbocycles. The van der Waals surface area contributed by atoms with Gasteiger partial charge in [0.2, 0.25) is 0 Å². The van der Waals surface area contributed by atoms with Crippen LogP contribution >= 0.6 is 11.6 Å². The maximum atomic E-state index is 6.07. The molecule has 88 valence electrons. The Balaban J connectivity index is 1.92. The normalized spacial score (nSPS) is 16.5. The number of hydrogen-bond acceptors (Lipinski definition) is 3. The van der Waals surface area contributed by atoms with E-state index in [9.17, 15) is 0 Å². The molecule has 0 radical (unpaired) electrons. The first-order valence-corrected chi connectivity index (χ1v) is 6.24. The molecule has 1 saturated carbocycles. The van der Waals surface area contributed by atoms with Crippen molar-refractivity contribution in [2.24, 2.45) is 0 Å². The highest BCUT2D eigenvalue weighted by Gasteiger charge is 2.21. The number of nitrogens with one attached hydrogen (secondary N) is 1. The van der Waals surface area contributed by atoms with Gasteiger partial charge in [0.25, 0.3) is 0 Å². The maximum Gasteiger partial charge on any atom is 0.182 e. The van der Waals surface area contributed by atoms with Gasteiger partial charge in [-0.25, -0.2) is 4.98 Å². The molecule has 0 bridgehead atoms. The van der Waals surface area contributed by atoms with Crippen LogP contribution in [0.4, 0.5) is 0 Å². The molecule has 1 aliphatic rings. The second kappa shape index (κ2) is 4.45. The van der Waals surface area contributed by atoms with E-state index in [0.717, 1.165) is 11.4 Å². The van der Waals surface area contributed by atoms with Gasteiger partial charge in [-0.1, -0.05) is 24.4 Å². The van der Waals surface area contributed by atoms with Crippen molar-refractivity contribution in [3.63, 3.8) is 0 Å². The summed E-state index contributed by atoms with van der Waals surface area (Å²) in [6.45, 7) is 0. The average Bonchev–Trinajstić information content (AvgIpc) is 3.00. The van der Waals surface area contributed by atoms with Gasteiger partial charge in [-0.15, -0.1) is 0 Å². The third kappa shape index (κ3) is 2.05. The number of aromatic nitrogens is 4. The van der Waals surface area contributed by atoms with Gasteiger partial charge in [-0.2, -0.15) is 5.10 Å². The fourth-order valence-corrected chi connectivity index (χ4v) is 2.54. The summed E-state index contributed by atoms with van der Waals surface area (Å²) in [5.41, 5.74) is 0.835. The molecule has 0 saturated heterocycles. The molecule has 0 aliphatic heterocycles. The monoisotopic (exact) mass is 248 g/mol. The van der Waals surface area contributed by atoms with Gasteiger partial charge in [0.05, 0.1) is 5.02 Å². The Bertz CT molecular complexity index is 517. The Morgan fingerprint density at radius 1 is 1.29 bits per heavy atom. The summed E-state index contributed by atoms with van der Waals surface area (Å²) < 4.78 is 0. The van der Waals surface area contributed by atoms with Crippen LogP contribution in [-0.4, -0.2) is 20.2 Å². The molecule has 3 rings (SSSR count). The number of aromatic amines is 1. The van der Waals surface area contributed by atoms with Gasteiger partial charge in [0.15, 0.2) is 5.82 Å². The lowest BCUT2D eigenvalue weighted by molar-refractivity contribution is 0.672. The molecule has 1 N–H and O–H groups in total. The van der Waals surface area contributed by atoms with Crippen molar-refractivity contribution >= 4 is 11.6 Å². The highest BCUT2D eigenvalue weighted by molar-refractivity contribution is 6.33. The number of rotatable bonds is 2. The van der Waals surface area contributed by atoms with Gasteiger partial charge >= 0.3 is 0 Å². The molecule has 5 heteroatoms. The number of pyridine rings is 1. The van der Waals surface area contributed by atoms with Gasteiger partial charge in [-0.05, 0) is 18.9 Å². The molecular formula is C12H13ClN4. The topological polar surface area (TPSA) is 54.5 Å². The van der Waals surface area contributed by atoms with Crippen LogP contribution < -0.4 is 0 Å². The van der Waals surface area contributed by atoms with Crippen molar-refractivity contribution in [2.45, 2.75) is 31.6 Å². The molecule has 0 aromatic carbocycles. The predicted molar refractivity (Wildman–Crippen MR) is 65.8 cm³/mol. The minimum absolute atomic E-state index is 0.539. The van der Waals surface area contributed by atoms with E-state index in [-0.39, 0.29) is 0 Å². The molecular weight excluding hydrogens is 236 g/mol. The summed E-state index contributed by atoms with van der Waals surface area (Å²) in [5, 5.41) is 7.86. The Kier molecular flexibility index (Phi) is 2.81. The molecule has 4 nitrogen and oxygen atoms in total. The van der Waals surface area contributed by atoms with Crippen molar-refractivity contribution in [3.05, 3.63) is 29.3 Å². The first kappa shape index (κ1) is 10.7. The van der Waals surface area contributed by atoms with Crippen LogP contribution in [-0.2, 0) is 0 Å². The van der Waals surface area contributed by atoms with Gasteiger partial charge in [0.1, 0.15) is 5.82 Å². The second-order valence-corrected chi connectivity index (χ2v) is 4.79. The molecule has 0 unspecified atom stereocenters. The molecule has 0 spiro atoms. The highest BCUT2D eigenvalue weighted by Crippen LogP contribution is 2.33. The predicted octanol–water partition coefficient (Wildman–Crippen LogP) is 3.18. The van der Waals surface area contributed by atoms with E-state index < -0.39 is 0 Å². The van der Waals surface area contributed by atoms with Gasteiger partial charge in [-0.3, -0.25) is 10.1 Å². The summed E-state index contributed by atoms with van der Waals surface area (Å²) in [6.07, 6.45) is 8.31. The molecule has 0 atom stereocenters. The van der Waals surface area contributed by atoms with E-state index >= 15 is 0 Å². The van der Waals surface area contributed by atoms with E-state index in [0.29, 0.717) is 16.8 Å². The van der Waals surface area contributed by atoms with E-state index in [1.807, 2.05) is 6.07 Å². The molecule has 0 amide bonds. The zero-order chi connectivity index (χ0) is 11.7. The Morgan fingerprint density at radius 3 is 2.88 bits per heavy atom. The third-order valence-corrected chi connectivity index (χ3v) is 3.56. The standard InChI is InChI=1S/C12H13ClN4/c13-10-7-14-6-5-9(10)12-15-11(16-17-12)8-3-1-2-4-8/h5-8H,1-4H2,(H,15,16,17). The fraction of sp³-hybridized carbons (Fsp3) is 0.417. The van der Waals surface area contributed by atoms with E-state index in [1.165, 1.54) is 25.7 Å². The number of halogens is 1. The molecule has 2 aromatic heterocycles. The van der Waals surface area contributed by atoms with Crippen molar-refractivity contribution < 1.29 is 0 Å². The number of hydrogen-bond donors (Lipinski definition) is 1. The Labute approximate surface area is 104 Å². The summed E-state index contributed by atoms with van der Waals surface area (Å²) in [6, 6.07) is 1.84. The number of H-pyrrole nitrogens is 1. The van der Waals surface area contributed by atoms with Crippen LogP contribution in [0.5, 0.6) is 0 Å². The lowest BCUT2D eigenvalue weighted by atomic mass is 10.1. The average molecular weight is 249 g/mol. The van der Waals surface area contributed by atoms with Crippen molar-refractivity contribution in [1.29, 1.82) is 0 Å².